The van der Waals surface area contributed by atoms with Crippen LogP contribution in [-0.2, 0) is 20.4 Å². The van der Waals surface area contributed by atoms with Crippen molar-refractivity contribution in [2.45, 2.75) is 75.5 Å². The quantitative estimate of drug-likeness (QED) is 0.141. The van der Waals surface area contributed by atoms with E-state index in [2.05, 4.69) is 42.5 Å². The second-order valence-corrected chi connectivity index (χ2v) is 14.1. The van der Waals surface area contributed by atoms with Gasteiger partial charge in [-0.15, -0.1) is 18.1 Å². The molecule has 2 aliphatic carbocycles. The fourth-order valence-corrected chi connectivity index (χ4v) is 10.7. The number of benzene rings is 4. The molecule has 4 aromatic carbocycles. The Balaban J connectivity index is 0.000000297. The summed E-state index contributed by atoms with van der Waals surface area (Å²) in [5.41, 5.74) is 14.4. The maximum atomic E-state index is 7.69. The van der Waals surface area contributed by atoms with Crippen LogP contribution in [0.4, 0.5) is 5.69 Å². The number of rotatable bonds is 7. The Labute approximate surface area is 286 Å². The monoisotopic (exact) mass is 719 g/mol. The minimum absolute atomic E-state index is 0. The maximum absolute atomic E-state index is 7.69. The molecule has 44 heavy (non-hydrogen) atoms. The second kappa shape index (κ2) is 18.6. The average Bonchev–Trinajstić information content (AvgIpc) is 3.07. The van der Waals surface area contributed by atoms with E-state index in [9.17, 15) is 0 Å². The first-order valence-corrected chi connectivity index (χ1v) is 17.1. The van der Waals surface area contributed by atoms with Crippen molar-refractivity contribution < 1.29 is 29.9 Å². The molecule has 6 heteroatoms. The summed E-state index contributed by atoms with van der Waals surface area (Å²) in [6.45, 7) is 0. The standard InChI is InChI=1S/C26H35O2P.C12H9N.ClH.Pd/c1-27-23-17-11-18-24(28-2)26(23)22-16-9-10-19-25(22)29(20-12-5-3-6-13-20)21-14-7-4-8-15-21;13-12-9-5-4-8-11(12)10-6-2-1-3-7-10;;/h9-11,16-21H,3-8,12-15H2,1-2H3;1-6,8-9,13H;1H;/q;-1;;. The summed E-state index contributed by atoms with van der Waals surface area (Å²) in [7, 11) is 3.36. The van der Waals surface area contributed by atoms with E-state index >= 15 is 0 Å². The average molecular weight is 721 g/mol. The van der Waals surface area contributed by atoms with Crippen molar-refractivity contribution >= 4 is 31.3 Å². The van der Waals surface area contributed by atoms with Crippen LogP contribution in [0.15, 0.2) is 91.0 Å². The van der Waals surface area contributed by atoms with Gasteiger partial charge < -0.3 is 15.2 Å². The van der Waals surface area contributed by atoms with Gasteiger partial charge in [0, 0.05) is 20.4 Å². The van der Waals surface area contributed by atoms with Crippen LogP contribution in [0.1, 0.15) is 64.2 Å². The number of nitrogens with one attached hydrogen (secondary N) is 1. The van der Waals surface area contributed by atoms with E-state index in [1.54, 1.807) is 25.6 Å². The van der Waals surface area contributed by atoms with Crippen LogP contribution in [0.3, 0.4) is 0 Å². The van der Waals surface area contributed by atoms with E-state index in [1.807, 2.05) is 48.5 Å². The number of halogens is 1. The molecule has 4 aromatic rings. The van der Waals surface area contributed by atoms with Gasteiger partial charge in [0.2, 0.25) is 0 Å². The molecule has 0 heterocycles. The molecule has 1 N–H and O–H groups in total. The zero-order valence-electron chi connectivity index (χ0n) is 25.9. The molecule has 2 saturated carbocycles. The molecule has 0 aliphatic heterocycles. The molecule has 0 atom stereocenters. The Morgan fingerprint density at radius 2 is 1.16 bits per heavy atom. The molecule has 1 radical (unpaired) electrons. The van der Waals surface area contributed by atoms with Crippen molar-refractivity contribution in [2.24, 2.45) is 0 Å². The fourth-order valence-electron chi connectivity index (χ4n) is 6.72. The van der Waals surface area contributed by atoms with Gasteiger partial charge in [0.1, 0.15) is 11.5 Å². The first kappa shape index (κ1) is 36.1. The summed E-state index contributed by atoms with van der Waals surface area (Å²) in [4.78, 5) is 0. The molecule has 6 rings (SSSR count). The summed E-state index contributed by atoms with van der Waals surface area (Å²) in [6.07, 6.45) is 14.2. The molecule has 0 bridgehead atoms. The predicted octanol–water partition coefficient (Wildman–Crippen LogP) is 11.4. The van der Waals surface area contributed by atoms with Gasteiger partial charge in [0.15, 0.2) is 0 Å². The number of ether oxygens (including phenoxy) is 2. The molecule has 0 saturated heterocycles. The number of methoxy groups -OCH3 is 2. The Kier molecular flexibility index (Phi) is 15.3. The van der Waals surface area contributed by atoms with E-state index in [-0.39, 0.29) is 40.8 Å². The largest absolute Gasteiger partial charge is 0.698 e. The van der Waals surface area contributed by atoms with Crippen LogP contribution in [0.2, 0.25) is 0 Å². The normalized spacial score (nSPS) is 15.2. The third kappa shape index (κ3) is 8.89. The van der Waals surface area contributed by atoms with Gasteiger partial charge in [-0.3, -0.25) is 0 Å². The van der Waals surface area contributed by atoms with Gasteiger partial charge in [0.05, 0.1) is 19.8 Å². The number of hydrogen-bond donors (Lipinski definition) is 0. The van der Waals surface area contributed by atoms with Crippen molar-refractivity contribution in [3.8, 4) is 33.8 Å². The van der Waals surface area contributed by atoms with Crippen LogP contribution in [0.25, 0.3) is 28.0 Å². The Bertz CT molecular complexity index is 1370. The topological polar surface area (TPSA) is 42.3 Å². The summed E-state index contributed by atoms with van der Waals surface area (Å²) in [5.74, 6) is 1.83. The third-order valence-electron chi connectivity index (χ3n) is 8.74. The molecule has 0 spiro atoms. The van der Waals surface area contributed by atoms with Crippen molar-refractivity contribution in [3.05, 3.63) is 103 Å². The first-order chi connectivity index (χ1) is 20.7. The molecule has 0 unspecified atom stereocenters. The summed E-state index contributed by atoms with van der Waals surface area (Å²) < 4.78 is 11.6. The molecule has 2 fully saturated rings. The molecule has 0 amide bonds. The number of hydrogen-bond acceptors (Lipinski definition) is 2. The summed E-state index contributed by atoms with van der Waals surface area (Å²) in [6, 6.07) is 33.7. The molecule has 2 aliphatic rings. The second-order valence-electron chi connectivity index (χ2n) is 11.4. The summed E-state index contributed by atoms with van der Waals surface area (Å²) in [5, 5.41) is 1.59. The SMILES string of the molecule is COc1cccc(OC)c1-c1ccccc1P(C1CCCCC1)C1CCCCC1.Cl.[NH-]c1ccccc1-c1[c]cccc1.[Pd]. The van der Waals surface area contributed by atoms with E-state index in [4.69, 9.17) is 15.2 Å². The van der Waals surface area contributed by atoms with Gasteiger partial charge in [-0.05, 0) is 77.2 Å². The smallest absolute Gasteiger partial charge is 0.130 e. The molecule has 3 nitrogen and oxygen atoms in total. The van der Waals surface area contributed by atoms with Crippen LogP contribution in [0, 0.1) is 6.07 Å². The van der Waals surface area contributed by atoms with E-state index < -0.39 is 0 Å². The zero-order valence-corrected chi connectivity index (χ0v) is 29.1. The molecular weight excluding hydrogens is 675 g/mol. The zero-order chi connectivity index (χ0) is 29.1. The minimum atomic E-state index is -0.182. The van der Waals surface area contributed by atoms with Gasteiger partial charge >= 0.3 is 0 Å². The predicted molar refractivity (Wildman–Crippen MR) is 187 cm³/mol. The Morgan fingerprint density at radius 1 is 0.636 bits per heavy atom. The minimum Gasteiger partial charge on any atom is -0.698 e. The van der Waals surface area contributed by atoms with Crippen LogP contribution >= 0.6 is 20.3 Å². The van der Waals surface area contributed by atoms with Gasteiger partial charge in [-0.25, -0.2) is 0 Å². The maximum Gasteiger partial charge on any atom is 0.130 e. The Hall–Kier alpha value is -2.34. The van der Waals surface area contributed by atoms with Gasteiger partial charge in [-0.2, -0.15) is 0 Å². The van der Waals surface area contributed by atoms with E-state index in [0.29, 0.717) is 5.69 Å². The van der Waals surface area contributed by atoms with Crippen LogP contribution in [-0.4, -0.2) is 25.5 Å². The molecule has 237 valence electrons. The Morgan fingerprint density at radius 3 is 1.68 bits per heavy atom. The van der Waals surface area contributed by atoms with E-state index in [1.165, 1.54) is 69.8 Å². The summed E-state index contributed by atoms with van der Waals surface area (Å²) >= 11 is 0. The van der Waals surface area contributed by atoms with Crippen molar-refractivity contribution in [3.63, 3.8) is 0 Å². The van der Waals surface area contributed by atoms with Crippen molar-refractivity contribution in [1.82, 2.24) is 0 Å². The van der Waals surface area contributed by atoms with Crippen LogP contribution in [0.5, 0.6) is 11.5 Å². The third-order valence-corrected chi connectivity index (χ3v) is 12.3. The molecular formula is C38H45ClNO2PPd-. The van der Waals surface area contributed by atoms with Crippen molar-refractivity contribution in [2.75, 3.05) is 14.2 Å². The van der Waals surface area contributed by atoms with Crippen LogP contribution < -0.4 is 14.8 Å². The van der Waals surface area contributed by atoms with E-state index in [0.717, 1.165) is 39.5 Å². The molecule has 0 aromatic heterocycles. The first-order valence-electron chi connectivity index (χ1n) is 15.6. The van der Waals surface area contributed by atoms with Gasteiger partial charge in [0.25, 0.3) is 0 Å². The van der Waals surface area contributed by atoms with Crippen molar-refractivity contribution in [1.29, 1.82) is 0 Å². The van der Waals surface area contributed by atoms with Gasteiger partial charge in [-0.1, -0.05) is 125 Å². The fraction of sp³-hybridized carbons (Fsp3) is 0.368.